The van der Waals surface area contributed by atoms with Crippen LogP contribution >= 0.6 is 0 Å². The fourth-order valence-corrected chi connectivity index (χ4v) is 6.05. The van der Waals surface area contributed by atoms with Crippen molar-refractivity contribution in [3.8, 4) is 39.1 Å². The summed E-state index contributed by atoms with van der Waals surface area (Å²) in [6.45, 7) is 0. The van der Waals surface area contributed by atoms with E-state index in [-0.39, 0.29) is 0 Å². The van der Waals surface area contributed by atoms with Gasteiger partial charge in [-0.15, -0.1) is 0 Å². The topological polar surface area (TPSA) is 4.93 Å². The van der Waals surface area contributed by atoms with E-state index in [1.165, 1.54) is 71.6 Å². The number of aromatic nitrogens is 1. The number of hydrogen-bond donors (Lipinski definition) is 0. The first-order chi connectivity index (χ1) is 17.4. The van der Waals surface area contributed by atoms with Gasteiger partial charge in [-0.05, 0) is 62.9 Å². The van der Waals surface area contributed by atoms with Gasteiger partial charge in [0.1, 0.15) is 0 Å². The maximum Gasteiger partial charge on any atom is 0.0547 e. The molecule has 1 aromatic heterocycles. The average Bonchev–Trinajstić information content (AvgIpc) is 3.44. The summed E-state index contributed by atoms with van der Waals surface area (Å²) in [5, 5.41) is 5.33. The first kappa shape index (κ1) is 18.8. The van der Waals surface area contributed by atoms with Crippen molar-refractivity contribution in [2.75, 3.05) is 0 Å². The van der Waals surface area contributed by atoms with Crippen LogP contribution in [0.5, 0.6) is 0 Å². The van der Waals surface area contributed by atoms with Gasteiger partial charge in [-0.3, -0.25) is 0 Å². The zero-order valence-electron chi connectivity index (χ0n) is 19.1. The zero-order valence-corrected chi connectivity index (χ0v) is 19.1. The van der Waals surface area contributed by atoms with Crippen LogP contribution in [-0.4, -0.2) is 4.57 Å². The van der Waals surface area contributed by atoms with Gasteiger partial charge in [-0.1, -0.05) is 103 Å². The molecule has 0 saturated heterocycles. The van der Waals surface area contributed by atoms with E-state index >= 15 is 0 Å². The molecular formula is C34H21N. The Labute approximate surface area is 203 Å². The van der Waals surface area contributed by atoms with Crippen molar-refractivity contribution in [1.82, 2.24) is 4.57 Å². The Kier molecular flexibility index (Phi) is 3.72. The second kappa shape index (κ2) is 6.94. The van der Waals surface area contributed by atoms with Gasteiger partial charge in [-0.2, -0.15) is 0 Å². The third-order valence-corrected chi connectivity index (χ3v) is 7.54. The lowest BCUT2D eigenvalue weighted by Crippen LogP contribution is -1.94. The number of nitrogens with zero attached hydrogens (tertiary/aromatic N) is 1. The fraction of sp³-hybridized carbons (Fsp3) is 0. The number of benzene rings is 6. The molecule has 0 spiro atoms. The SMILES string of the molecule is c1ccc(-c2ccc(-n3c4ccccc4c4c5c(ccc43)-c3cccc4cccc-5c34)cc2)cc1. The van der Waals surface area contributed by atoms with Crippen molar-refractivity contribution in [3.05, 3.63) is 127 Å². The van der Waals surface area contributed by atoms with Crippen molar-refractivity contribution in [3.63, 3.8) is 0 Å². The van der Waals surface area contributed by atoms with E-state index in [2.05, 4.69) is 132 Å². The number of hydrogen-bond acceptors (Lipinski definition) is 0. The maximum absolute atomic E-state index is 2.42. The van der Waals surface area contributed by atoms with Crippen LogP contribution in [0.4, 0.5) is 0 Å². The van der Waals surface area contributed by atoms with Crippen LogP contribution in [0, 0.1) is 0 Å². The Hall–Kier alpha value is -4.62. The Morgan fingerprint density at radius 3 is 1.94 bits per heavy atom. The number of para-hydroxylation sites is 1. The highest BCUT2D eigenvalue weighted by atomic mass is 15.0. The summed E-state index contributed by atoms with van der Waals surface area (Å²) in [5.74, 6) is 0. The summed E-state index contributed by atoms with van der Waals surface area (Å²) in [4.78, 5) is 0. The zero-order chi connectivity index (χ0) is 22.9. The minimum Gasteiger partial charge on any atom is -0.309 e. The lowest BCUT2D eigenvalue weighted by molar-refractivity contribution is 1.18. The van der Waals surface area contributed by atoms with Crippen LogP contribution in [-0.2, 0) is 0 Å². The summed E-state index contributed by atoms with van der Waals surface area (Å²) < 4.78 is 2.42. The molecular weight excluding hydrogens is 422 g/mol. The summed E-state index contributed by atoms with van der Waals surface area (Å²) >= 11 is 0. The summed E-state index contributed by atoms with van der Waals surface area (Å²) in [6, 6.07) is 46.4. The van der Waals surface area contributed by atoms with E-state index in [1.54, 1.807) is 0 Å². The van der Waals surface area contributed by atoms with Crippen molar-refractivity contribution in [2.24, 2.45) is 0 Å². The summed E-state index contributed by atoms with van der Waals surface area (Å²) in [5.41, 5.74) is 11.6. The lowest BCUT2D eigenvalue weighted by atomic mass is 9.98. The van der Waals surface area contributed by atoms with Crippen molar-refractivity contribution >= 4 is 32.6 Å². The van der Waals surface area contributed by atoms with E-state index in [0.29, 0.717) is 0 Å². The number of fused-ring (bicyclic) bond motifs is 7. The lowest BCUT2D eigenvalue weighted by Gasteiger charge is -2.10. The highest BCUT2D eigenvalue weighted by Crippen LogP contribution is 2.52. The molecule has 0 fully saturated rings. The first-order valence-corrected chi connectivity index (χ1v) is 12.1. The highest BCUT2D eigenvalue weighted by molar-refractivity contribution is 6.26. The maximum atomic E-state index is 2.42. The molecule has 0 unspecified atom stereocenters. The fourth-order valence-electron chi connectivity index (χ4n) is 6.05. The van der Waals surface area contributed by atoms with Crippen LogP contribution < -0.4 is 0 Å². The monoisotopic (exact) mass is 443 g/mol. The molecule has 0 aliphatic heterocycles. The Morgan fingerprint density at radius 1 is 0.400 bits per heavy atom. The van der Waals surface area contributed by atoms with E-state index in [4.69, 9.17) is 0 Å². The van der Waals surface area contributed by atoms with Gasteiger partial charge in [-0.25, -0.2) is 0 Å². The smallest absolute Gasteiger partial charge is 0.0547 e. The van der Waals surface area contributed by atoms with Crippen LogP contribution in [0.3, 0.4) is 0 Å². The molecule has 1 heterocycles. The molecule has 1 aliphatic rings. The number of rotatable bonds is 2. The molecule has 0 radical (unpaired) electrons. The van der Waals surface area contributed by atoms with Gasteiger partial charge < -0.3 is 4.57 Å². The van der Waals surface area contributed by atoms with Gasteiger partial charge >= 0.3 is 0 Å². The Morgan fingerprint density at radius 2 is 1.11 bits per heavy atom. The van der Waals surface area contributed by atoms with E-state index in [1.807, 2.05) is 0 Å². The van der Waals surface area contributed by atoms with Gasteiger partial charge in [0.05, 0.1) is 11.0 Å². The molecule has 0 atom stereocenters. The molecule has 35 heavy (non-hydrogen) atoms. The van der Waals surface area contributed by atoms with E-state index in [9.17, 15) is 0 Å². The van der Waals surface area contributed by atoms with Gasteiger partial charge in [0.15, 0.2) is 0 Å². The third kappa shape index (κ3) is 2.53. The molecule has 0 N–H and O–H groups in total. The van der Waals surface area contributed by atoms with Gasteiger partial charge in [0.25, 0.3) is 0 Å². The molecule has 1 nitrogen and oxygen atoms in total. The van der Waals surface area contributed by atoms with Crippen molar-refractivity contribution in [1.29, 1.82) is 0 Å². The third-order valence-electron chi connectivity index (χ3n) is 7.54. The van der Waals surface area contributed by atoms with Crippen LogP contribution in [0.2, 0.25) is 0 Å². The second-order valence-corrected chi connectivity index (χ2v) is 9.36. The summed E-state index contributed by atoms with van der Waals surface area (Å²) in [6.07, 6.45) is 0. The molecule has 8 rings (SSSR count). The van der Waals surface area contributed by atoms with E-state index in [0.717, 1.165) is 0 Å². The molecule has 1 aliphatic carbocycles. The molecule has 162 valence electrons. The van der Waals surface area contributed by atoms with Gasteiger partial charge in [0, 0.05) is 22.0 Å². The van der Waals surface area contributed by atoms with Crippen molar-refractivity contribution < 1.29 is 0 Å². The van der Waals surface area contributed by atoms with E-state index < -0.39 is 0 Å². The predicted molar refractivity (Wildman–Crippen MR) is 148 cm³/mol. The molecule has 0 amide bonds. The molecule has 6 aromatic carbocycles. The Balaban J connectivity index is 1.43. The molecule has 1 heteroatoms. The first-order valence-electron chi connectivity index (χ1n) is 12.1. The normalized spacial score (nSPS) is 12.0. The van der Waals surface area contributed by atoms with Crippen molar-refractivity contribution in [2.45, 2.75) is 0 Å². The standard InChI is InChI=1S/C34H21N/c1-2-8-22(9-3-1)23-16-18-25(19-17-23)35-30-15-5-4-12-28(30)34-31(35)21-20-27-26-13-6-10-24-11-7-14-29(32(24)26)33(27)34/h1-21H. The Bertz CT molecular complexity index is 1920. The quantitative estimate of drug-likeness (QED) is 0.251. The van der Waals surface area contributed by atoms with Crippen LogP contribution in [0.1, 0.15) is 0 Å². The largest absolute Gasteiger partial charge is 0.309 e. The van der Waals surface area contributed by atoms with Crippen LogP contribution in [0.25, 0.3) is 71.6 Å². The molecule has 0 saturated carbocycles. The molecule has 0 bridgehead atoms. The second-order valence-electron chi connectivity index (χ2n) is 9.36. The van der Waals surface area contributed by atoms with Crippen LogP contribution in [0.15, 0.2) is 127 Å². The summed E-state index contributed by atoms with van der Waals surface area (Å²) in [7, 11) is 0. The minimum atomic E-state index is 1.18. The average molecular weight is 444 g/mol. The van der Waals surface area contributed by atoms with Gasteiger partial charge in [0.2, 0.25) is 0 Å². The predicted octanol–water partition coefficient (Wildman–Crippen LogP) is 9.25. The minimum absolute atomic E-state index is 1.18. The highest BCUT2D eigenvalue weighted by Gasteiger charge is 2.26. The molecule has 7 aromatic rings.